The highest BCUT2D eigenvalue weighted by molar-refractivity contribution is 7.98. The average Bonchev–Trinajstić information content (AvgIpc) is 3.27. The zero-order valence-electron chi connectivity index (χ0n) is 16.7. The van der Waals surface area contributed by atoms with Crippen molar-refractivity contribution >= 4 is 23.6 Å². The molecule has 0 saturated carbocycles. The number of likely N-dealkylation sites (N-methyl/N-ethyl adjacent to an activating group) is 1. The van der Waals surface area contributed by atoms with E-state index < -0.39 is 24.3 Å². The molecule has 0 fully saturated rings. The van der Waals surface area contributed by atoms with Crippen LogP contribution < -0.4 is 0 Å². The van der Waals surface area contributed by atoms with Gasteiger partial charge in [0.2, 0.25) is 0 Å². The Bertz CT molecular complexity index is 1060. The highest BCUT2D eigenvalue weighted by Crippen LogP contribution is 2.25. The normalized spacial score (nSPS) is 10.7. The van der Waals surface area contributed by atoms with Crippen LogP contribution in [-0.4, -0.2) is 46.7 Å². The van der Waals surface area contributed by atoms with E-state index in [1.807, 2.05) is 0 Å². The Morgan fingerprint density at radius 3 is 2.63 bits per heavy atom. The van der Waals surface area contributed by atoms with E-state index >= 15 is 0 Å². The van der Waals surface area contributed by atoms with Crippen molar-refractivity contribution < 1.29 is 23.1 Å². The fourth-order valence-electron chi connectivity index (χ4n) is 2.73. The number of halogens is 1. The number of thioether (sulfide) groups is 1. The number of hydrogen-bond acceptors (Lipinski definition) is 7. The van der Waals surface area contributed by atoms with Gasteiger partial charge < -0.3 is 14.1 Å². The zero-order valence-corrected chi connectivity index (χ0v) is 17.5. The second kappa shape index (κ2) is 9.53. The molecule has 7 nitrogen and oxygen atoms in total. The first-order chi connectivity index (χ1) is 14.4. The lowest BCUT2D eigenvalue weighted by atomic mass is 10.2. The van der Waals surface area contributed by atoms with Gasteiger partial charge in [-0.1, -0.05) is 18.2 Å². The molecule has 30 heavy (non-hydrogen) atoms. The third kappa shape index (κ3) is 4.85. The van der Waals surface area contributed by atoms with Crippen molar-refractivity contribution in [3.05, 3.63) is 65.3 Å². The SMILES string of the molecule is CSc1nc(-c2ccco2)nc(C)c1C(=O)OCC(=O)N(C)Cc1ccccc1F. The highest BCUT2D eigenvalue weighted by Gasteiger charge is 2.22. The van der Waals surface area contributed by atoms with E-state index in [1.54, 1.807) is 43.5 Å². The molecule has 0 spiro atoms. The standard InChI is InChI=1S/C21H20FN3O4S/c1-13-18(20(30-3)24-19(23-13)16-9-6-10-28-16)21(27)29-12-17(26)25(2)11-14-7-4-5-8-15(14)22/h4-10H,11-12H2,1-3H3. The van der Waals surface area contributed by atoms with Crippen molar-refractivity contribution in [3.8, 4) is 11.6 Å². The highest BCUT2D eigenvalue weighted by atomic mass is 32.2. The molecule has 9 heteroatoms. The minimum atomic E-state index is -0.699. The number of aryl methyl sites for hydroxylation is 1. The van der Waals surface area contributed by atoms with Gasteiger partial charge >= 0.3 is 5.97 Å². The number of carbonyl (C=O) groups excluding carboxylic acids is 2. The topological polar surface area (TPSA) is 85.5 Å². The first-order valence-electron chi connectivity index (χ1n) is 9.01. The summed E-state index contributed by atoms with van der Waals surface area (Å²) in [6, 6.07) is 9.63. The van der Waals surface area contributed by atoms with Gasteiger partial charge in [-0.3, -0.25) is 4.79 Å². The maximum absolute atomic E-state index is 13.8. The zero-order chi connectivity index (χ0) is 21.7. The molecule has 0 saturated heterocycles. The quantitative estimate of drug-likeness (QED) is 0.321. The van der Waals surface area contributed by atoms with E-state index in [1.165, 1.54) is 36.0 Å². The molecule has 0 radical (unpaired) electrons. The van der Waals surface area contributed by atoms with Gasteiger partial charge in [-0.05, 0) is 31.4 Å². The van der Waals surface area contributed by atoms with Crippen LogP contribution in [0.4, 0.5) is 4.39 Å². The average molecular weight is 429 g/mol. The summed E-state index contributed by atoms with van der Waals surface area (Å²) >= 11 is 1.26. The number of carbonyl (C=O) groups is 2. The minimum Gasteiger partial charge on any atom is -0.461 e. The Balaban J connectivity index is 1.68. The molecule has 0 aliphatic heterocycles. The summed E-state index contributed by atoms with van der Waals surface area (Å²) in [7, 11) is 1.52. The van der Waals surface area contributed by atoms with Crippen LogP contribution in [0.5, 0.6) is 0 Å². The lowest BCUT2D eigenvalue weighted by Crippen LogP contribution is -2.31. The van der Waals surface area contributed by atoms with Crippen molar-refractivity contribution in [2.24, 2.45) is 0 Å². The molecule has 0 atom stereocenters. The monoisotopic (exact) mass is 429 g/mol. The van der Waals surface area contributed by atoms with E-state index in [-0.39, 0.29) is 12.1 Å². The van der Waals surface area contributed by atoms with Crippen LogP contribution in [0, 0.1) is 12.7 Å². The van der Waals surface area contributed by atoms with Gasteiger partial charge in [0.15, 0.2) is 18.2 Å². The number of furan rings is 1. The lowest BCUT2D eigenvalue weighted by Gasteiger charge is -2.18. The lowest BCUT2D eigenvalue weighted by molar-refractivity contribution is -0.133. The van der Waals surface area contributed by atoms with Gasteiger partial charge in [0.1, 0.15) is 16.4 Å². The predicted octanol–water partition coefficient (Wildman–Crippen LogP) is 3.72. The number of esters is 1. The molecule has 0 bridgehead atoms. The number of aromatic nitrogens is 2. The molecule has 3 aromatic rings. The number of amides is 1. The molecule has 0 N–H and O–H groups in total. The number of ether oxygens (including phenoxy) is 1. The van der Waals surface area contributed by atoms with E-state index in [2.05, 4.69) is 9.97 Å². The Labute approximate surface area is 177 Å². The van der Waals surface area contributed by atoms with Crippen LogP contribution in [0.2, 0.25) is 0 Å². The Kier molecular flexibility index (Phi) is 6.83. The molecule has 2 aromatic heterocycles. The van der Waals surface area contributed by atoms with Crippen LogP contribution in [0.25, 0.3) is 11.6 Å². The summed E-state index contributed by atoms with van der Waals surface area (Å²) in [6.07, 6.45) is 3.29. The fraction of sp³-hybridized carbons (Fsp3) is 0.238. The summed E-state index contributed by atoms with van der Waals surface area (Å²) < 4.78 is 24.3. The molecular weight excluding hydrogens is 409 g/mol. The molecule has 1 amide bonds. The molecular formula is C21H20FN3O4S. The van der Waals surface area contributed by atoms with Crippen LogP contribution in [0.3, 0.4) is 0 Å². The third-order valence-electron chi connectivity index (χ3n) is 4.31. The molecule has 0 aliphatic carbocycles. The molecule has 1 aromatic carbocycles. The Morgan fingerprint density at radius 2 is 1.97 bits per heavy atom. The summed E-state index contributed by atoms with van der Waals surface area (Å²) in [5.41, 5.74) is 0.988. The first-order valence-corrected chi connectivity index (χ1v) is 10.2. The summed E-state index contributed by atoms with van der Waals surface area (Å²) in [6.45, 7) is 1.26. The number of rotatable bonds is 7. The molecule has 156 valence electrons. The van der Waals surface area contributed by atoms with Crippen LogP contribution in [-0.2, 0) is 16.1 Å². The largest absolute Gasteiger partial charge is 0.461 e. The van der Waals surface area contributed by atoms with Crippen LogP contribution in [0.1, 0.15) is 21.6 Å². The van der Waals surface area contributed by atoms with Gasteiger partial charge in [-0.15, -0.1) is 11.8 Å². The maximum atomic E-state index is 13.8. The Morgan fingerprint density at radius 1 is 1.20 bits per heavy atom. The van der Waals surface area contributed by atoms with Crippen molar-refractivity contribution in [2.75, 3.05) is 19.9 Å². The number of hydrogen-bond donors (Lipinski definition) is 0. The third-order valence-corrected chi connectivity index (χ3v) is 5.00. The van der Waals surface area contributed by atoms with Crippen molar-refractivity contribution in [3.63, 3.8) is 0 Å². The molecule has 0 aliphatic rings. The van der Waals surface area contributed by atoms with Crippen LogP contribution in [0.15, 0.2) is 52.1 Å². The van der Waals surface area contributed by atoms with Crippen molar-refractivity contribution in [1.29, 1.82) is 0 Å². The van der Waals surface area contributed by atoms with Gasteiger partial charge in [0, 0.05) is 19.2 Å². The number of nitrogens with zero attached hydrogens (tertiary/aromatic N) is 3. The molecule has 0 unspecified atom stereocenters. The predicted molar refractivity (Wildman–Crippen MR) is 109 cm³/mol. The Hall–Kier alpha value is -3.20. The summed E-state index contributed by atoms with van der Waals surface area (Å²) in [5.74, 6) is -0.709. The van der Waals surface area contributed by atoms with Crippen LogP contribution >= 0.6 is 11.8 Å². The molecule has 2 heterocycles. The second-order valence-electron chi connectivity index (χ2n) is 6.41. The maximum Gasteiger partial charge on any atom is 0.343 e. The van der Waals surface area contributed by atoms with Gasteiger partial charge in [0.05, 0.1) is 12.0 Å². The van der Waals surface area contributed by atoms with E-state index in [0.29, 0.717) is 27.9 Å². The van der Waals surface area contributed by atoms with E-state index in [4.69, 9.17) is 9.15 Å². The van der Waals surface area contributed by atoms with E-state index in [9.17, 15) is 14.0 Å². The number of benzene rings is 1. The second-order valence-corrected chi connectivity index (χ2v) is 7.21. The summed E-state index contributed by atoms with van der Waals surface area (Å²) in [5, 5.41) is 0.422. The fourth-order valence-corrected chi connectivity index (χ4v) is 3.34. The van der Waals surface area contributed by atoms with Crippen molar-refractivity contribution in [1.82, 2.24) is 14.9 Å². The first kappa shape index (κ1) is 21.5. The van der Waals surface area contributed by atoms with Crippen molar-refractivity contribution in [2.45, 2.75) is 18.5 Å². The smallest absolute Gasteiger partial charge is 0.343 e. The molecule has 3 rings (SSSR count). The van der Waals surface area contributed by atoms with Gasteiger partial charge in [0.25, 0.3) is 5.91 Å². The van der Waals surface area contributed by atoms with E-state index in [0.717, 1.165) is 0 Å². The summed E-state index contributed by atoms with van der Waals surface area (Å²) in [4.78, 5) is 34.9. The van der Waals surface area contributed by atoms with Gasteiger partial charge in [-0.2, -0.15) is 0 Å². The van der Waals surface area contributed by atoms with Gasteiger partial charge in [-0.25, -0.2) is 19.2 Å². The minimum absolute atomic E-state index is 0.0686.